The lowest BCUT2D eigenvalue weighted by Crippen LogP contribution is -2.56. The van der Waals surface area contributed by atoms with E-state index in [1.807, 2.05) is 0 Å². The normalized spacial score (nSPS) is 22.6. The number of carbonyl (C=O) groups is 9. The van der Waals surface area contributed by atoms with Crippen LogP contribution in [0.15, 0.2) is 83.6 Å². The van der Waals surface area contributed by atoms with Crippen LogP contribution in [-0.4, -0.2) is 165 Å². The molecule has 2 aliphatic heterocycles. The van der Waals surface area contributed by atoms with Gasteiger partial charge in [-0.25, -0.2) is 50.3 Å². The van der Waals surface area contributed by atoms with E-state index < -0.39 is 115 Å². The molecule has 6 fully saturated rings. The van der Waals surface area contributed by atoms with Crippen molar-refractivity contribution in [3.63, 3.8) is 0 Å². The van der Waals surface area contributed by atoms with Crippen LogP contribution in [0, 0.1) is 11.8 Å². The van der Waals surface area contributed by atoms with E-state index in [4.69, 9.17) is 14.2 Å². The lowest BCUT2D eigenvalue weighted by Gasteiger charge is -2.29. The van der Waals surface area contributed by atoms with Crippen molar-refractivity contribution in [1.82, 2.24) is 40.9 Å². The standard InChI is InChI=1S/C37H55N5O10S.C32H47N5O8S/c1-5-25-24-37(25,40-31(43)29-20-15-23-42(29)35(48)52-36(2,3)4)33(46)41-53(49,50)30-21-13-12-18-27(30)38-22-14-8-6-7-9-19-28(32(44)45)39-34(47)51-26-16-10-11-17-26;1-2-22-21-32(22,36-28(38)25-17-12-20-34-25)30(41)37-46(43,44)27-18-10-9-15-24(27)33-19-11-5-3-4-6-16-26(29(39)40)35-31(42)45-23-13-7-8-14-23/h5,12-13,18,21,25-26,28-29,38H,1,6-11,14-17,19-20,22-24H2,2-4H3,(H,39,47)(H,40,43)(H,41,46)(H,44,45);2,9-10,15,18,22-23,25-26,33-34H,1,3-8,11-14,16-17,19-21H2,(H,35,42)(H,36,38)(H,37,41)(H,39,40)/t25-,28+,29+,37-;22-,25+,26+,32-/m11/s1. The highest BCUT2D eigenvalue weighted by molar-refractivity contribution is 7.90. The second-order valence-electron chi connectivity index (χ2n) is 27.5. The number of ether oxygens (including phenoxy) is 3. The number of aliphatic carboxylic acids is 2. The average Bonchev–Trinajstić information content (AvgIpc) is 1.59. The van der Waals surface area contributed by atoms with Gasteiger partial charge in [0, 0.05) is 31.5 Å². The number of likely N-dealkylation sites (tertiary alicyclic amines) is 1. The molecule has 30 heteroatoms. The maximum absolute atomic E-state index is 13.6. The van der Waals surface area contributed by atoms with E-state index in [0.29, 0.717) is 82.5 Å². The fourth-order valence-electron chi connectivity index (χ4n) is 13.0. The highest BCUT2D eigenvalue weighted by Crippen LogP contribution is 2.46. The Labute approximate surface area is 580 Å². The van der Waals surface area contributed by atoms with Crippen molar-refractivity contribution in [2.24, 2.45) is 11.8 Å². The number of alkyl carbamates (subject to hydrolysis) is 2. The highest BCUT2D eigenvalue weighted by atomic mass is 32.2. The number of nitrogens with one attached hydrogen (secondary N) is 9. The summed E-state index contributed by atoms with van der Waals surface area (Å²) in [6, 6.07) is 9.24. The fraction of sp³-hybridized carbons (Fsp3) is 0.638. The molecule has 2 aromatic carbocycles. The van der Waals surface area contributed by atoms with Crippen molar-refractivity contribution >= 4 is 85.3 Å². The molecule has 8 atom stereocenters. The van der Waals surface area contributed by atoms with E-state index >= 15 is 0 Å². The molecule has 4 saturated carbocycles. The molecule has 99 heavy (non-hydrogen) atoms. The number of anilines is 2. The Morgan fingerprint density at radius 3 is 1.41 bits per heavy atom. The monoisotopic (exact) mass is 1420 g/mol. The van der Waals surface area contributed by atoms with Gasteiger partial charge in [0.2, 0.25) is 11.8 Å². The first-order valence-electron chi connectivity index (χ1n) is 34.9. The Morgan fingerprint density at radius 1 is 0.586 bits per heavy atom. The first-order valence-corrected chi connectivity index (χ1v) is 37.9. The fourth-order valence-corrected chi connectivity index (χ4v) is 15.5. The molecule has 4 aliphatic carbocycles. The van der Waals surface area contributed by atoms with Crippen LogP contribution in [0.2, 0.25) is 0 Å². The summed E-state index contributed by atoms with van der Waals surface area (Å²) in [4.78, 5) is 114. The van der Waals surface area contributed by atoms with Crippen LogP contribution >= 0.6 is 0 Å². The Kier molecular flexibility index (Phi) is 28.8. The van der Waals surface area contributed by atoms with Crippen LogP contribution in [0.4, 0.5) is 25.8 Å². The molecule has 11 N–H and O–H groups in total. The van der Waals surface area contributed by atoms with Gasteiger partial charge in [-0.05, 0) is 167 Å². The molecular weight excluding hydrogens is 1320 g/mol. The van der Waals surface area contributed by atoms with Crippen LogP contribution < -0.4 is 46.7 Å². The lowest BCUT2D eigenvalue weighted by molar-refractivity contribution is -0.140. The molecule has 2 aromatic rings. The van der Waals surface area contributed by atoms with Gasteiger partial charge in [0.25, 0.3) is 31.9 Å². The van der Waals surface area contributed by atoms with Gasteiger partial charge in [0.05, 0.1) is 17.4 Å². The van der Waals surface area contributed by atoms with Crippen LogP contribution in [0.1, 0.15) is 188 Å². The minimum atomic E-state index is -4.37. The van der Waals surface area contributed by atoms with E-state index in [2.05, 4.69) is 59.8 Å². The van der Waals surface area contributed by atoms with E-state index in [9.17, 15) is 70.2 Å². The van der Waals surface area contributed by atoms with Gasteiger partial charge >= 0.3 is 30.2 Å². The second-order valence-corrected chi connectivity index (χ2v) is 30.8. The van der Waals surface area contributed by atoms with E-state index in [1.54, 1.807) is 63.2 Å². The number of amides is 7. The third-order valence-corrected chi connectivity index (χ3v) is 21.5. The maximum atomic E-state index is 13.6. The Morgan fingerprint density at radius 2 is 1.01 bits per heavy atom. The van der Waals surface area contributed by atoms with Crippen LogP contribution in [0.5, 0.6) is 0 Å². The first-order chi connectivity index (χ1) is 47.1. The molecule has 7 amide bonds. The number of hydrogen-bond acceptors (Lipinski definition) is 19. The molecule has 0 unspecified atom stereocenters. The number of rotatable bonds is 36. The summed E-state index contributed by atoms with van der Waals surface area (Å²) in [5, 5.41) is 38.8. The van der Waals surface area contributed by atoms with Crippen molar-refractivity contribution in [2.75, 3.05) is 36.8 Å². The molecule has 2 heterocycles. The van der Waals surface area contributed by atoms with E-state index in [-0.39, 0.29) is 53.1 Å². The number of carboxylic acids is 2. The summed E-state index contributed by atoms with van der Waals surface area (Å²) >= 11 is 0. The quantitative estimate of drug-likeness (QED) is 0.0175. The molecule has 6 aliphatic rings. The van der Waals surface area contributed by atoms with Gasteiger partial charge in [-0.1, -0.05) is 87.8 Å². The van der Waals surface area contributed by atoms with E-state index in [1.165, 1.54) is 23.1 Å². The summed E-state index contributed by atoms with van der Waals surface area (Å²) in [5.74, 6) is -5.63. The summed E-state index contributed by atoms with van der Waals surface area (Å²) in [6.45, 7) is 14.6. The predicted octanol–water partition coefficient (Wildman–Crippen LogP) is 8.01. The zero-order valence-corrected chi connectivity index (χ0v) is 58.8. The molecule has 548 valence electrons. The summed E-state index contributed by atoms with van der Waals surface area (Å²) < 4.78 is 74.2. The Bertz CT molecular complexity index is 3410. The number of para-hydroxylation sites is 2. The number of unbranched alkanes of at least 4 members (excludes halogenated alkanes) is 8. The average molecular weight is 1420 g/mol. The largest absolute Gasteiger partial charge is 0.480 e. The zero-order chi connectivity index (χ0) is 72.0. The molecule has 0 spiro atoms. The SMILES string of the molecule is C=C[C@@H]1C[C@]1(NC(=O)[C@@H]1CCCN1)C(=O)NS(=O)(=O)c1ccccc1NCCCCCCC[C@H](NC(=O)OC1CCCC1)C(=O)O.C=C[C@@H]1C[C@]1(NC(=O)[C@@H]1CCCN1C(=O)OC(C)(C)C)C(=O)NS(=O)(=O)c1ccccc1NCCCCCCC[C@H](NC(=O)OC1CCCC1)C(=O)O. The number of benzene rings is 2. The number of carbonyl (C=O) groups excluding carboxylic acids is 7. The molecule has 8 rings (SSSR count). The van der Waals surface area contributed by atoms with Crippen molar-refractivity contribution in [3.8, 4) is 0 Å². The number of hydrogen-bond donors (Lipinski definition) is 11. The summed E-state index contributed by atoms with van der Waals surface area (Å²) in [7, 11) is -8.62. The molecule has 2 saturated heterocycles. The smallest absolute Gasteiger partial charge is 0.410 e. The third kappa shape index (κ3) is 23.0. The molecular formula is C69H102N10O18S2. The molecule has 28 nitrogen and oxygen atoms in total. The van der Waals surface area contributed by atoms with Crippen molar-refractivity contribution in [1.29, 1.82) is 0 Å². The van der Waals surface area contributed by atoms with Crippen molar-refractivity contribution < 1.29 is 84.4 Å². The van der Waals surface area contributed by atoms with E-state index in [0.717, 1.165) is 103 Å². The van der Waals surface area contributed by atoms with Gasteiger partial charge in [0.1, 0.15) is 56.8 Å². The topological polar surface area (TPSA) is 402 Å². The van der Waals surface area contributed by atoms with Gasteiger partial charge in [0.15, 0.2) is 0 Å². The lowest BCUT2D eigenvalue weighted by atomic mass is 10.1. The van der Waals surface area contributed by atoms with Gasteiger partial charge in [-0.3, -0.25) is 24.1 Å². The third-order valence-electron chi connectivity index (χ3n) is 18.8. The number of carboxylic acid groups (broad SMARTS) is 2. The number of sulfonamides is 2. The molecule has 0 bridgehead atoms. The highest BCUT2D eigenvalue weighted by Gasteiger charge is 2.62. The second kappa shape index (κ2) is 36.4. The Balaban J connectivity index is 0.000000281. The number of nitrogens with zero attached hydrogens (tertiary/aromatic N) is 1. The van der Waals surface area contributed by atoms with Crippen molar-refractivity contribution in [3.05, 3.63) is 73.8 Å². The summed E-state index contributed by atoms with van der Waals surface area (Å²) in [5.41, 5.74) is -2.98. The van der Waals surface area contributed by atoms with Crippen LogP contribution in [0.25, 0.3) is 0 Å². The first kappa shape index (κ1) is 78.3. The zero-order valence-electron chi connectivity index (χ0n) is 57.2. The summed E-state index contributed by atoms with van der Waals surface area (Å²) in [6.07, 6.45) is 19.0. The minimum Gasteiger partial charge on any atom is -0.480 e. The van der Waals surface area contributed by atoms with Crippen LogP contribution in [-0.2, 0) is 63.0 Å². The molecule has 0 radical (unpaired) electrons. The van der Waals surface area contributed by atoms with Gasteiger partial charge in [-0.2, -0.15) is 0 Å². The Hall–Kier alpha value is -7.99. The molecule has 0 aromatic heterocycles. The van der Waals surface area contributed by atoms with Gasteiger partial charge in [-0.15, -0.1) is 13.2 Å². The van der Waals surface area contributed by atoms with Crippen molar-refractivity contribution in [2.45, 2.75) is 251 Å². The predicted molar refractivity (Wildman–Crippen MR) is 368 cm³/mol. The maximum Gasteiger partial charge on any atom is 0.410 e. The van der Waals surface area contributed by atoms with Gasteiger partial charge < -0.3 is 61.6 Å². The minimum absolute atomic E-state index is 0.0724. The van der Waals surface area contributed by atoms with Crippen LogP contribution in [0.3, 0.4) is 0 Å².